The number of carbonyl (C=O) groups excluding carboxylic acids is 1. The molecule has 0 radical (unpaired) electrons. The average molecular weight is 353 g/mol. The van der Waals surface area contributed by atoms with Gasteiger partial charge in [0.25, 0.3) is 0 Å². The first kappa shape index (κ1) is 16.5. The maximum Gasteiger partial charge on any atom is 0.226 e. The van der Waals surface area contributed by atoms with Gasteiger partial charge >= 0.3 is 0 Å². The Hall–Kier alpha value is -1.65. The van der Waals surface area contributed by atoms with Gasteiger partial charge in [-0.25, -0.2) is 0 Å². The summed E-state index contributed by atoms with van der Waals surface area (Å²) < 4.78 is 12.4. The number of likely N-dealkylation sites (tertiary alicyclic amines) is 1. The summed E-state index contributed by atoms with van der Waals surface area (Å²) in [6.07, 6.45) is 8.27. The predicted octanol–water partition coefficient (Wildman–Crippen LogP) is 3.52. The second-order valence-corrected chi connectivity index (χ2v) is 8.42. The Kier molecular flexibility index (Phi) is 3.77. The van der Waals surface area contributed by atoms with Gasteiger partial charge in [0, 0.05) is 36.3 Å². The highest BCUT2D eigenvalue weighted by Gasteiger charge is 2.67. The topological polar surface area (TPSA) is 38.8 Å². The molecule has 0 aromatic heterocycles. The third kappa shape index (κ3) is 2.18. The Balaban J connectivity index is 1.55. The molecule has 5 rings (SSSR count). The largest absolute Gasteiger partial charge is 0.347 e. The Morgan fingerprint density at radius 2 is 1.92 bits per heavy atom. The lowest BCUT2D eigenvalue weighted by Gasteiger charge is -2.52. The Morgan fingerprint density at radius 1 is 1.15 bits per heavy atom. The molecular formula is C22H27NO3. The van der Waals surface area contributed by atoms with Gasteiger partial charge in [-0.3, -0.25) is 4.79 Å². The zero-order chi connectivity index (χ0) is 17.8. The molecule has 4 aliphatic rings. The number of allylic oxidation sites excluding steroid dienone is 1. The summed E-state index contributed by atoms with van der Waals surface area (Å²) in [5.74, 6) is 0.00710. The molecule has 2 saturated heterocycles. The van der Waals surface area contributed by atoms with E-state index in [9.17, 15) is 4.79 Å². The minimum absolute atomic E-state index is 0.0567. The van der Waals surface area contributed by atoms with E-state index < -0.39 is 5.79 Å². The molecule has 1 spiro atoms. The van der Waals surface area contributed by atoms with E-state index in [4.69, 9.17) is 9.47 Å². The zero-order valence-corrected chi connectivity index (χ0v) is 15.4. The summed E-state index contributed by atoms with van der Waals surface area (Å²) in [6, 6.07) is 10.6. The van der Waals surface area contributed by atoms with Crippen molar-refractivity contribution in [3.8, 4) is 0 Å². The van der Waals surface area contributed by atoms with Crippen molar-refractivity contribution in [1.29, 1.82) is 0 Å². The van der Waals surface area contributed by atoms with Gasteiger partial charge < -0.3 is 14.4 Å². The molecule has 1 saturated carbocycles. The molecule has 0 N–H and O–H groups in total. The van der Waals surface area contributed by atoms with E-state index >= 15 is 0 Å². The third-order valence-electron chi connectivity index (χ3n) is 7.26. The van der Waals surface area contributed by atoms with Gasteiger partial charge in [-0.2, -0.15) is 0 Å². The van der Waals surface area contributed by atoms with E-state index in [-0.39, 0.29) is 23.3 Å². The van der Waals surface area contributed by atoms with Crippen LogP contribution < -0.4 is 0 Å². The van der Waals surface area contributed by atoms with Gasteiger partial charge in [-0.05, 0) is 24.8 Å². The molecule has 4 nitrogen and oxygen atoms in total. The summed E-state index contributed by atoms with van der Waals surface area (Å²) in [4.78, 5) is 15.6. The van der Waals surface area contributed by atoms with Crippen molar-refractivity contribution >= 4 is 5.91 Å². The number of hydrogen-bond acceptors (Lipinski definition) is 3. The van der Waals surface area contributed by atoms with Crippen LogP contribution in [-0.2, 0) is 20.8 Å². The normalized spacial score (nSPS) is 37.8. The fourth-order valence-corrected chi connectivity index (χ4v) is 6.09. The predicted molar refractivity (Wildman–Crippen MR) is 98.1 cm³/mol. The smallest absolute Gasteiger partial charge is 0.226 e. The molecule has 2 aliphatic heterocycles. The van der Waals surface area contributed by atoms with Crippen molar-refractivity contribution in [2.75, 3.05) is 13.2 Å². The molecule has 0 bridgehead atoms. The van der Waals surface area contributed by atoms with Crippen molar-refractivity contribution in [2.45, 2.75) is 51.0 Å². The number of ether oxygens (including phenoxy) is 2. The highest BCUT2D eigenvalue weighted by Crippen LogP contribution is 2.61. The highest BCUT2D eigenvalue weighted by molar-refractivity contribution is 5.83. The lowest BCUT2D eigenvalue weighted by atomic mass is 9.58. The first-order valence-electron chi connectivity index (χ1n) is 9.94. The quantitative estimate of drug-likeness (QED) is 0.764. The van der Waals surface area contributed by atoms with E-state index in [1.807, 2.05) is 6.07 Å². The van der Waals surface area contributed by atoms with Gasteiger partial charge in [0.1, 0.15) is 0 Å². The first-order chi connectivity index (χ1) is 12.7. The molecule has 26 heavy (non-hydrogen) atoms. The van der Waals surface area contributed by atoms with Gasteiger partial charge in [-0.1, -0.05) is 49.4 Å². The van der Waals surface area contributed by atoms with Crippen molar-refractivity contribution in [1.82, 2.24) is 4.90 Å². The average Bonchev–Trinajstić information content (AvgIpc) is 3.12. The van der Waals surface area contributed by atoms with Gasteiger partial charge in [0.15, 0.2) is 5.79 Å². The Bertz CT molecular complexity index is 724. The van der Waals surface area contributed by atoms with Gasteiger partial charge in [0.2, 0.25) is 5.91 Å². The fourth-order valence-electron chi connectivity index (χ4n) is 6.09. The maximum atomic E-state index is 13.5. The molecule has 2 heterocycles. The lowest BCUT2D eigenvalue weighted by Crippen LogP contribution is -2.58. The van der Waals surface area contributed by atoms with Gasteiger partial charge in [0.05, 0.1) is 13.2 Å². The maximum absolute atomic E-state index is 13.5. The minimum Gasteiger partial charge on any atom is -0.347 e. The van der Waals surface area contributed by atoms with E-state index in [1.54, 1.807) is 0 Å². The summed E-state index contributed by atoms with van der Waals surface area (Å²) >= 11 is 0. The van der Waals surface area contributed by atoms with Crippen molar-refractivity contribution in [3.63, 3.8) is 0 Å². The molecule has 1 aromatic carbocycles. The number of nitrogens with zero attached hydrogens (tertiary/aromatic N) is 1. The van der Waals surface area contributed by atoms with Crippen LogP contribution in [0.25, 0.3) is 0 Å². The standard InChI is InChI=1S/C22H27NO3/c1-21-17-9-5-6-10-18(21)22(25-13-14-26-22)12-11-19(21)23(20(17)24)15-16-7-3-2-4-8-16/h2-4,6-8,10,17-19H,5,9,11-15H2,1H3/t17-,18?,19-,21-/m1/s1. The highest BCUT2D eigenvalue weighted by atomic mass is 16.7. The summed E-state index contributed by atoms with van der Waals surface area (Å²) in [6.45, 7) is 4.36. The van der Waals surface area contributed by atoms with E-state index in [1.165, 1.54) is 5.56 Å². The third-order valence-corrected chi connectivity index (χ3v) is 7.26. The molecule has 138 valence electrons. The number of carbonyl (C=O) groups is 1. The number of hydrogen-bond donors (Lipinski definition) is 0. The molecule has 1 amide bonds. The SMILES string of the molecule is C[C@]12C3C=CCC[C@@H]1C(=O)N(Cc1ccccc1)[C@@H]2CCC31OCCO1. The minimum atomic E-state index is -0.520. The summed E-state index contributed by atoms with van der Waals surface area (Å²) in [7, 11) is 0. The van der Waals surface area contributed by atoms with Crippen LogP contribution in [0.4, 0.5) is 0 Å². The van der Waals surface area contributed by atoms with E-state index in [2.05, 4.69) is 48.2 Å². The lowest BCUT2D eigenvalue weighted by molar-refractivity contribution is -0.239. The molecule has 1 aromatic rings. The molecule has 4 heteroatoms. The summed E-state index contributed by atoms with van der Waals surface area (Å²) in [5.41, 5.74) is 1.09. The van der Waals surface area contributed by atoms with Crippen LogP contribution in [0.3, 0.4) is 0 Å². The van der Waals surface area contributed by atoms with E-state index in [0.29, 0.717) is 25.7 Å². The van der Waals surface area contributed by atoms with Crippen LogP contribution >= 0.6 is 0 Å². The second kappa shape index (κ2) is 5.93. The molecule has 2 aliphatic carbocycles. The molecule has 4 atom stereocenters. The van der Waals surface area contributed by atoms with Gasteiger partial charge in [-0.15, -0.1) is 0 Å². The van der Waals surface area contributed by atoms with E-state index in [0.717, 1.165) is 25.7 Å². The number of fused-ring (bicyclic) bond motifs is 1. The molecular weight excluding hydrogens is 326 g/mol. The Labute approximate surface area is 155 Å². The van der Waals surface area contributed by atoms with Crippen LogP contribution in [0.1, 0.15) is 38.2 Å². The van der Waals surface area contributed by atoms with Crippen LogP contribution in [-0.4, -0.2) is 35.8 Å². The van der Waals surface area contributed by atoms with Crippen LogP contribution in [0, 0.1) is 17.3 Å². The number of benzene rings is 1. The Morgan fingerprint density at radius 3 is 2.69 bits per heavy atom. The van der Waals surface area contributed by atoms with Crippen LogP contribution in [0.2, 0.25) is 0 Å². The van der Waals surface area contributed by atoms with Crippen LogP contribution in [0.5, 0.6) is 0 Å². The second-order valence-electron chi connectivity index (χ2n) is 8.42. The fraction of sp³-hybridized carbons (Fsp3) is 0.591. The van der Waals surface area contributed by atoms with Crippen molar-refractivity contribution in [3.05, 3.63) is 48.0 Å². The van der Waals surface area contributed by atoms with Crippen LogP contribution in [0.15, 0.2) is 42.5 Å². The van der Waals surface area contributed by atoms with Crippen molar-refractivity contribution in [2.24, 2.45) is 17.3 Å². The summed E-state index contributed by atoms with van der Waals surface area (Å²) in [5, 5.41) is 0. The monoisotopic (exact) mass is 353 g/mol. The number of amides is 1. The van der Waals surface area contributed by atoms with Crippen molar-refractivity contribution < 1.29 is 14.3 Å². The zero-order valence-electron chi connectivity index (χ0n) is 15.4. The first-order valence-corrected chi connectivity index (χ1v) is 9.94. The number of rotatable bonds is 2. The molecule has 1 unspecified atom stereocenters. The molecule has 3 fully saturated rings.